The summed E-state index contributed by atoms with van der Waals surface area (Å²) in [4.78, 5) is 28.8. The van der Waals surface area contributed by atoms with E-state index >= 15 is 0 Å². The summed E-state index contributed by atoms with van der Waals surface area (Å²) in [5.41, 5.74) is 2.85. The first-order chi connectivity index (χ1) is 17.0. The van der Waals surface area contributed by atoms with Crippen molar-refractivity contribution in [2.24, 2.45) is 5.92 Å². The number of carbonyl (C=O) groups excluding carboxylic acids is 2. The molecule has 10 nitrogen and oxygen atoms in total. The topological polar surface area (TPSA) is 109 Å². The van der Waals surface area contributed by atoms with Gasteiger partial charge in [0.15, 0.2) is 0 Å². The first-order valence-electron chi connectivity index (χ1n) is 11.7. The highest BCUT2D eigenvalue weighted by atomic mass is 16.5. The molecule has 0 unspecified atom stereocenters. The van der Waals surface area contributed by atoms with Crippen molar-refractivity contribution in [1.29, 1.82) is 5.26 Å². The van der Waals surface area contributed by atoms with Crippen LogP contribution in [0.2, 0.25) is 0 Å². The maximum Gasteiger partial charge on any atom is 0.245 e. The lowest BCUT2D eigenvalue weighted by Crippen LogP contribution is -2.45. The smallest absolute Gasteiger partial charge is 0.245 e. The Balaban J connectivity index is 1.30. The zero-order valence-corrected chi connectivity index (χ0v) is 19.6. The molecular formula is C25H27N7O3. The molecule has 0 aliphatic carbocycles. The Bertz CT molecular complexity index is 1330. The number of methoxy groups -OCH3 is 1. The van der Waals surface area contributed by atoms with Gasteiger partial charge in [0.05, 0.1) is 31.5 Å². The summed E-state index contributed by atoms with van der Waals surface area (Å²) in [6.45, 7) is 5.97. The van der Waals surface area contributed by atoms with Crippen molar-refractivity contribution in [1.82, 2.24) is 29.2 Å². The second-order valence-corrected chi connectivity index (χ2v) is 9.02. The van der Waals surface area contributed by atoms with E-state index in [-0.39, 0.29) is 23.8 Å². The van der Waals surface area contributed by atoms with Crippen LogP contribution in [0.1, 0.15) is 30.9 Å². The van der Waals surface area contributed by atoms with Crippen molar-refractivity contribution < 1.29 is 14.3 Å². The van der Waals surface area contributed by atoms with Crippen molar-refractivity contribution in [3.8, 4) is 22.9 Å². The van der Waals surface area contributed by atoms with Gasteiger partial charge in [-0.05, 0) is 31.4 Å². The van der Waals surface area contributed by atoms with Crippen molar-refractivity contribution in [3.05, 3.63) is 49.1 Å². The Morgan fingerprint density at radius 1 is 1.14 bits per heavy atom. The third kappa shape index (κ3) is 4.14. The molecule has 180 valence electrons. The highest BCUT2D eigenvalue weighted by Gasteiger charge is 2.35. The summed E-state index contributed by atoms with van der Waals surface area (Å²) in [5, 5.41) is 18.2. The molecule has 3 aromatic heterocycles. The van der Waals surface area contributed by atoms with E-state index in [9.17, 15) is 14.9 Å². The van der Waals surface area contributed by atoms with E-state index in [1.54, 1.807) is 22.7 Å². The van der Waals surface area contributed by atoms with Gasteiger partial charge in [-0.1, -0.05) is 6.58 Å². The summed E-state index contributed by atoms with van der Waals surface area (Å²) in [6.07, 6.45) is 10.9. The minimum absolute atomic E-state index is 0.0859. The lowest BCUT2D eigenvalue weighted by atomic mass is 9.96. The summed E-state index contributed by atoms with van der Waals surface area (Å²) in [5.74, 6) is 0.410. The van der Waals surface area contributed by atoms with Gasteiger partial charge in [-0.15, -0.1) is 0 Å². The lowest BCUT2D eigenvalue weighted by molar-refractivity contribution is -0.138. The van der Waals surface area contributed by atoms with Crippen LogP contribution in [0.5, 0.6) is 5.75 Å². The van der Waals surface area contributed by atoms with Gasteiger partial charge >= 0.3 is 0 Å². The van der Waals surface area contributed by atoms with E-state index in [2.05, 4.69) is 22.8 Å². The Morgan fingerprint density at radius 2 is 2.00 bits per heavy atom. The Kier molecular flexibility index (Phi) is 5.99. The number of piperidine rings is 1. The van der Waals surface area contributed by atoms with Gasteiger partial charge < -0.3 is 14.5 Å². The van der Waals surface area contributed by atoms with E-state index in [1.165, 1.54) is 12.3 Å². The summed E-state index contributed by atoms with van der Waals surface area (Å²) in [7, 11) is 1.57. The molecule has 5 heterocycles. The van der Waals surface area contributed by atoms with E-state index in [4.69, 9.17) is 4.74 Å². The molecule has 0 bridgehead atoms. The molecule has 0 N–H and O–H groups in total. The van der Waals surface area contributed by atoms with Crippen LogP contribution < -0.4 is 4.74 Å². The predicted octanol–water partition coefficient (Wildman–Crippen LogP) is 2.28. The normalized spacial score (nSPS) is 20.1. The molecule has 0 radical (unpaired) electrons. The third-order valence-electron chi connectivity index (χ3n) is 6.96. The molecule has 2 aliphatic rings. The van der Waals surface area contributed by atoms with E-state index in [0.717, 1.165) is 30.4 Å². The van der Waals surface area contributed by atoms with Gasteiger partial charge in [0, 0.05) is 49.7 Å². The fourth-order valence-corrected chi connectivity index (χ4v) is 5.09. The average Bonchev–Trinajstić information content (AvgIpc) is 3.66. The maximum absolute atomic E-state index is 13.2. The van der Waals surface area contributed by atoms with Crippen LogP contribution in [0.15, 0.2) is 43.5 Å². The van der Waals surface area contributed by atoms with Crippen LogP contribution >= 0.6 is 0 Å². The number of aromatic nitrogens is 4. The second-order valence-electron chi connectivity index (χ2n) is 9.02. The van der Waals surface area contributed by atoms with Crippen LogP contribution in [0, 0.1) is 17.2 Å². The minimum Gasteiger partial charge on any atom is -0.494 e. The first kappa shape index (κ1) is 22.7. The summed E-state index contributed by atoms with van der Waals surface area (Å²) < 4.78 is 9.07. The Hall–Kier alpha value is -4.13. The van der Waals surface area contributed by atoms with E-state index < -0.39 is 0 Å². The average molecular weight is 474 g/mol. The molecule has 2 atom stereocenters. The van der Waals surface area contributed by atoms with Gasteiger partial charge in [0.2, 0.25) is 11.8 Å². The number of likely N-dealkylation sites (tertiary alicyclic amines) is 2. The standard InChI is InChI=1S/C25H27N7O3/c1-3-23(33)29-7-4-5-17(13-29)25(34)30-8-6-21(16-30)31-15-20(12-27-31)18-9-22(35-2)24-19(10-26)11-28-32(24)14-18/h3,9,11-12,14-15,17,21H,1,4-8,13,16H2,2H3/t17-,21+/m1/s1. The third-order valence-corrected chi connectivity index (χ3v) is 6.96. The number of nitrogens with zero attached hydrogens (tertiary/aromatic N) is 7. The van der Waals surface area contributed by atoms with Crippen LogP contribution in [0.4, 0.5) is 0 Å². The van der Waals surface area contributed by atoms with Gasteiger partial charge in [-0.25, -0.2) is 4.52 Å². The molecule has 0 spiro atoms. The van der Waals surface area contributed by atoms with Crippen LogP contribution in [0.25, 0.3) is 16.6 Å². The fourth-order valence-electron chi connectivity index (χ4n) is 5.09. The molecule has 2 aliphatic heterocycles. The number of ether oxygens (including phenoxy) is 1. The molecule has 2 amide bonds. The number of pyridine rings is 1. The molecule has 35 heavy (non-hydrogen) atoms. The van der Waals surface area contributed by atoms with Crippen LogP contribution in [-0.4, -0.2) is 74.3 Å². The van der Waals surface area contributed by atoms with Gasteiger partial charge in [0.25, 0.3) is 0 Å². The highest BCUT2D eigenvalue weighted by Crippen LogP contribution is 2.31. The lowest BCUT2D eigenvalue weighted by Gasteiger charge is -2.33. The first-order valence-corrected chi connectivity index (χ1v) is 11.7. The fraction of sp³-hybridized carbons (Fsp3) is 0.400. The van der Waals surface area contributed by atoms with Crippen molar-refractivity contribution >= 4 is 17.3 Å². The largest absolute Gasteiger partial charge is 0.494 e. The zero-order chi connectivity index (χ0) is 24.5. The molecular weight excluding hydrogens is 446 g/mol. The zero-order valence-electron chi connectivity index (χ0n) is 19.6. The van der Waals surface area contributed by atoms with E-state index in [1.807, 2.05) is 28.0 Å². The quantitative estimate of drug-likeness (QED) is 0.526. The van der Waals surface area contributed by atoms with Crippen LogP contribution in [0.3, 0.4) is 0 Å². The Labute approximate surface area is 203 Å². The molecule has 0 saturated carbocycles. The number of hydrogen-bond acceptors (Lipinski definition) is 6. The van der Waals surface area contributed by atoms with Gasteiger partial charge in [-0.3, -0.25) is 14.3 Å². The molecule has 10 heteroatoms. The number of nitriles is 1. The number of amides is 2. The van der Waals surface area contributed by atoms with Gasteiger partial charge in [-0.2, -0.15) is 15.5 Å². The van der Waals surface area contributed by atoms with Crippen LogP contribution in [-0.2, 0) is 9.59 Å². The van der Waals surface area contributed by atoms with Crippen molar-refractivity contribution in [3.63, 3.8) is 0 Å². The summed E-state index contributed by atoms with van der Waals surface area (Å²) in [6, 6.07) is 4.10. The predicted molar refractivity (Wildman–Crippen MR) is 127 cm³/mol. The number of carbonyl (C=O) groups is 2. The van der Waals surface area contributed by atoms with Gasteiger partial charge in [0.1, 0.15) is 22.9 Å². The molecule has 2 fully saturated rings. The minimum atomic E-state index is -0.161. The Morgan fingerprint density at radius 3 is 2.77 bits per heavy atom. The second kappa shape index (κ2) is 9.25. The molecule has 5 rings (SSSR count). The molecule has 0 aromatic carbocycles. The van der Waals surface area contributed by atoms with Crippen molar-refractivity contribution in [2.75, 3.05) is 33.3 Å². The maximum atomic E-state index is 13.2. The van der Waals surface area contributed by atoms with E-state index in [0.29, 0.717) is 43.0 Å². The molecule has 3 aromatic rings. The SMILES string of the molecule is C=CC(=O)N1CCC[C@@H](C(=O)N2CC[C@H](n3cc(-c4cc(OC)c5c(C#N)cnn5c4)cn3)C2)C1. The number of hydrogen-bond donors (Lipinski definition) is 0. The van der Waals surface area contributed by atoms with Crippen molar-refractivity contribution in [2.45, 2.75) is 25.3 Å². The highest BCUT2D eigenvalue weighted by molar-refractivity contribution is 5.88. The monoisotopic (exact) mass is 473 g/mol. The summed E-state index contributed by atoms with van der Waals surface area (Å²) >= 11 is 0. The number of fused-ring (bicyclic) bond motifs is 1. The molecule has 2 saturated heterocycles. The number of rotatable bonds is 5.